The van der Waals surface area contributed by atoms with Crippen LogP contribution >= 0.6 is 39.0 Å². The van der Waals surface area contributed by atoms with Gasteiger partial charge in [-0.05, 0) is 58.6 Å². The zero-order chi connectivity index (χ0) is 14.8. The molecule has 0 bridgehead atoms. The van der Waals surface area contributed by atoms with E-state index in [0.717, 1.165) is 34.0 Å². The van der Waals surface area contributed by atoms with Gasteiger partial charge in [0.2, 0.25) is 0 Å². The Bertz CT molecular complexity index is 590. The molecule has 2 amide bonds. The molecule has 1 aliphatic heterocycles. The van der Waals surface area contributed by atoms with Crippen LogP contribution in [0.2, 0.25) is 0 Å². The molecular formula is C15H16BrNO2S2. The highest BCUT2D eigenvalue weighted by molar-refractivity contribution is 9.10. The normalized spacial score (nSPS) is 22.5. The van der Waals surface area contributed by atoms with E-state index in [1.807, 2.05) is 17.5 Å². The Morgan fingerprint density at radius 1 is 1.29 bits per heavy atom. The van der Waals surface area contributed by atoms with E-state index in [9.17, 15) is 9.59 Å². The number of thiophene rings is 1. The van der Waals surface area contributed by atoms with Crippen LogP contribution in [0.5, 0.6) is 0 Å². The van der Waals surface area contributed by atoms with E-state index < -0.39 is 0 Å². The van der Waals surface area contributed by atoms with Gasteiger partial charge in [-0.1, -0.05) is 19.3 Å². The number of hydrogen-bond acceptors (Lipinski definition) is 4. The lowest BCUT2D eigenvalue weighted by molar-refractivity contribution is -0.123. The Morgan fingerprint density at radius 2 is 2.05 bits per heavy atom. The summed E-state index contributed by atoms with van der Waals surface area (Å²) >= 11 is 6.02. The van der Waals surface area contributed by atoms with Crippen molar-refractivity contribution in [3.8, 4) is 0 Å². The zero-order valence-corrected chi connectivity index (χ0v) is 14.7. The minimum Gasteiger partial charge on any atom is -0.268 e. The molecule has 0 spiro atoms. The average Bonchev–Trinajstić information content (AvgIpc) is 2.99. The molecule has 6 heteroatoms. The number of carbonyl (C=O) groups is 2. The number of hydrogen-bond donors (Lipinski definition) is 0. The fourth-order valence-electron chi connectivity index (χ4n) is 2.82. The standard InChI is InChI=1S/C15H16BrNO2S2/c16-11-6-12(20-9-11)7-13-14(18)17(15(19)21-13)8-10-4-2-1-3-5-10/h6-7,9-10H,1-5,8H2/b13-7+. The molecule has 2 heterocycles. The van der Waals surface area contributed by atoms with Gasteiger partial charge >= 0.3 is 0 Å². The highest BCUT2D eigenvalue weighted by Crippen LogP contribution is 2.35. The van der Waals surface area contributed by atoms with Crippen molar-refractivity contribution in [1.82, 2.24) is 4.90 Å². The number of nitrogens with zero attached hydrogens (tertiary/aromatic N) is 1. The van der Waals surface area contributed by atoms with E-state index >= 15 is 0 Å². The number of imide groups is 1. The first-order chi connectivity index (χ1) is 10.1. The van der Waals surface area contributed by atoms with Crippen molar-refractivity contribution < 1.29 is 9.59 Å². The van der Waals surface area contributed by atoms with Gasteiger partial charge in [-0.2, -0.15) is 0 Å². The molecule has 0 N–H and O–H groups in total. The largest absolute Gasteiger partial charge is 0.293 e. The van der Waals surface area contributed by atoms with Crippen molar-refractivity contribution in [2.75, 3.05) is 6.54 Å². The van der Waals surface area contributed by atoms with Crippen LogP contribution in [-0.2, 0) is 4.79 Å². The summed E-state index contributed by atoms with van der Waals surface area (Å²) in [5.74, 6) is 0.363. The summed E-state index contributed by atoms with van der Waals surface area (Å²) in [7, 11) is 0. The second-order valence-corrected chi connectivity index (χ2v) is 8.32. The number of rotatable bonds is 3. The summed E-state index contributed by atoms with van der Waals surface area (Å²) in [6.45, 7) is 0.593. The maximum Gasteiger partial charge on any atom is 0.293 e. The third-order valence-electron chi connectivity index (χ3n) is 3.90. The molecule has 1 aromatic rings. The Labute approximate surface area is 140 Å². The molecule has 1 saturated carbocycles. The van der Waals surface area contributed by atoms with Gasteiger partial charge in [0.1, 0.15) is 0 Å². The minimum absolute atomic E-state index is 0.118. The van der Waals surface area contributed by atoms with E-state index in [4.69, 9.17) is 0 Å². The summed E-state index contributed by atoms with van der Waals surface area (Å²) in [6.07, 6.45) is 7.82. The van der Waals surface area contributed by atoms with Crippen LogP contribution in [-0.4, -0.2) is 22.6 Å². The Morgan fingerprint density at radius 3 is 2.71 bits per heavy atom. The van der Waals surface area contributed by atoms with Gasteiger partial charge in [-0.15, -0.1) is 11.3 Å². The van der Waals surface area contributed by atoms with Gasteiger partial charge in [-0.3, -0.25) is 14.5 Å². The summed E-state index contributed by atoms with van der Waals surface area (Å²) in [5.41, 5.74) is 0. The first kappa shape index (κ1) is 15.3. The van der Waals surface area contributed by atoms with Crippen LogP contribution in [0.1, 0.15) is 37.0 Å². The third kappa shape index (κ3) is 3.60. The molecule has 1 aliphatic carbocycles. The van der Waals surface area contributed by atoms with Gasteiger partial charge in [-0.25, -0.2) is 0 Å². The molecule has 0 radical (unpaired) electrons. The lowest BCUT2D eigenvalue weighted by Gasteiger charge is -2.25. The summed E-state index contributed by atoms with van der Waals surface area (Å²) in [6, 6.07) is 1.96. The van der Waals surface area contributed by atoms with Crippen LogP contribution in [0.3, 0.4) is 0 Å². The van der Waals surface area contributed by atoms with Crippen LogP contribution in [0.15, 0.2) is 20.8 Å². The highest BCUT2D eigenvalue weighted by Gasteiger charge is 2.36. The molecule has 21 heavy (non-hydrogen) atoms. The topological polar surface area (TPSA) is 37.4 Å². The predicted octanol–water partition coefficient (Wildman–Crippen LogP) is 5.13. The van der Waals surface area contributed by atoms with Gasteiger partial charge in [0.25, 0.3) is 11.1 Å². The monoisotopic (exact) mass is 385 g/mol. The molecular weight excluding hydrogens is 370 g/mol. The third-order valence-corrected chi connectivity index (χ3v) is 6.45. The van der Waals surface area contributed by atoms with E-state index in [1.54, 1.807) is 11.3 Å². The summed E-state index contributed by atoms with van der Waals surface area (Å²) in [4.78, 5) is 27.5. The van der Waals surface area contributed by atoms with E-state index in [1.165, 1.54) is 24.2 Å². The van der Waals surface area contributed by atoms with E-state index in [-0.39, 0.29) is 11.1 Å². The smallest absolute Gasteiger partial charge is 0.268 e. The van der Waals surface area contributed by atoms with Gasteiger partial charge in [0.05, 0.1) is 4.91 Å². The number of amides is 2. The van der Waals surface area contributed by atoms with E-state index in [0.29, 0.717) is 17.4 Å². The van der Waals surface area contributed by atoms with Crippen molar-refractivity contribution in [3.63, 3.8) is 0 Å². The van der Waals surface area contributed by atoms with Crippen molar-refractivity contribution in [2.45, 2.75) is 32.1 Å². The fourth-order valence-corrected chi connectivity index (χ4v) is 5.11. The van der Waals surface area contributed by atoms with Crippen molar-refractivity contribution in [2.24, 2.45) is 5.92 Å². The molecule has 2 aliphatic rings. The quantitative estimate of drug-likeness (QED) is 0.676. The molecule has 1 saturated heterocycles. The van der Waals surface area contributed by atoms with Gasteiger partial charge < -0.3 is 0 Å². The maximum absolute atomic E-state index is 12.4. The molecule has 0 aromatic carbocycles. The average molecular weight is 386 g/mol. The Balaban J connectivity index is 1.71. The zero-order valence-electron chi connectivity index (χ0n) is 11.5. The molecule has 1 aromatic heterocycles. The number of thioether (sulfide) groups is 1. The second-order valence-electron chi connectivity index (χ2n) is 5.46. The maximum atomic E-state index is 12.4. The molecule has 0 unspecified atom stereocenters. The Hall–Kier alpha value is -0.590. The van der Waals surface area contributed by atoms with Gasteiger partial charge in [0, 0.05) is 21.3 Å². The van der Waals surface area contributed by atoms with Crippen molar-refractivity contribution in [1.29, 1.82) is 0 Å². The molecule has 3 rings (SSSR count). The highest BCUT2D eigenvalue weighted by atomic mass is 79.9. The van der Waals surface area contributed by atoms with Crippen molar-refractivity contribution >= 4 is 56.3 Å². The molecule has 2 fully saturated rings. The lowest BCUT2D eigenvalue weighted by Crippen LogP contribution is -2.34. The molecule has 112 valence electrons. The van der Waals surface area contributed by atoms with Crippen LogP contribution in [0.4, 0.5) is 4.79 Å². The molecule has 3 nitrogen and oxygen atoms in total. The van der Waals surface area contributed by atoms with Crippen LogP contribution in [0, 0.1) is 5.92 Å². The summed E-state index contributed by atoms with van der Waals surface area (Å²) < 4.78 is 1.00. The second kappa shape index (κ2) is 6.67. The van der Waals surface area contributed by atoms with E-state index in [2.05, 4.69) is 15.9 Å². The first-order valence-electron chi connectivity index (χ1n) is 7.13. The van der Waals surface area contributed by atoms with Crippen molar-refractivity contribution in [3.05, 3.63) is 25.7 Å². The SMILES string of the molecule is O=C1S/C(=C/c2cc(Br)cs2)C(=O)N1CC1CCCCC1. The van der Waals surface area contributed by atoms with Crippen LogP contribution < -0.4 is 0 Å². The minimum atomic E-state index is -0.125. The lowest BCUT2D eigenvalue weighted by atomic mass is 9.89. The Kier molecular flexibility index (Phi) is 4.86. The van der Waals surface area contributed by atoms with Crippen LogP contribution in [0.25, 0.3) is 6.08 Å². The first-order valence-corrected chi connectivity index (χ1v) is 9.62. The fraction of sp³-hybridized carbons (Fsp3) is 0.467. The van der Waals surface area contributed by atoms with Gasteiger partial charge in [0.15, 0.2) is 0 Å². The molecule has 0 atom stereocenters. The number of halogens is 1. The number of carbonyl (C=O) groups excluding carboxylic acids is 2. The predicted molar refractivity (Wildman–Crippen MR) is 91.3 cm³/mol. The summed E-state index contributed by atoms with van der Waals surface area (Å²) in [5, 5.41) is 1.85.